The number of carbonyl (C=O) groups excluding carboxylic acids is 1. The van der Waals surface area contributed by atoms with Crippen LogP contribution in [0.2, 0.25) is 0 Å². The van der Waals surface area contributed by atoms with E-state index in [-0.39, 0.29) is 12.6 Å². The van der Waals surface area contributed by atoms with Crippen molar-refractivity contribution in [3.8, 4) is 0 Å². The molecule has 16 heavy (non-hydrogen) atoms. The fraction of sp³-hybridized carbons (Fsp3) is 0.300. The highest BCUT2D eigenvalue weighted by Crippen LogP contribution is 2.27. The summed E-state index contributed by atoms with van der Waals surface area (Å²) in [6.45, 7) is 0.196. The highest BCUT2D eigenvalue weighted by atomic mass is 16.4. The minimum atomic E-state index is -1.25. The SMILES string of the molecule is N=[N+]=NC1Cc2ccccc2N(C(=O)[O-])C1. The van der Waals surface area contributed by atoms with Crippen LogP contribution in [0.15, 0.2) is 29.4 Å². The molecule has 1 aliphatic rings. The van der Waals surface area contributed by atoms with Crippen LogP contribution in [0.5, 0.6) is 0 Å². The van der Waals surface area contributed by atoms with Crippen LogP contribution in [-0.4, -0.2) is 18.7 Å². The molecule has 0 saturated carbocycles. The Bertz CT molecular complexity index is 468. The standard InChI is InChI=1S/C10H10N4O2/c11-13-12-8-5-7-3-1-2-4-9(7)14(6-8)10(15)16/h1-4,8,11H,5-6H2. The van der Waals surface area contributed by atoms with E-state index in [9.17, 15) is 9.90 Å². The van der Waals surface area contributed by atoms with Gasteiger partial charge in [0.15, 0.2) is 6.04 Å². The molecule has 0 radical (unpaired) electrons. The molecule has 1 unspecified atom stereocenters. The van der Waals surface area contributed by atoms with E-state index in [4.69, 9.17) is 5.53 Å². The third-order valence-electron chi connectivity index (χ3n) is 2.57. The average molecular weight is 218 g/mol. The van der Waals surface area contributed by atoms with Gasteiger partial charge in [0, 0.05) is 12.1 Å². The first-order valence-electron chi connectivity index (χ1n) is 4.85. The molecule has 1 aromatic rings. The first-order chi connectivity index (χ1) is 7.72. The number of nitrogens with one attached hydrogen (secondary N) is 1. The number of fused-ring (bicyclic) bond motifs is 1. The van der Waals surface area contributed by atoms with Gasteiger partial charge in [-0.25, -0.2) is 0 Å². The summed E-state index contributed by atoms with van der Waals surface area (Å²) in [6, 6.07) is 6.90. The van der Waals surface area contributed by atoms with Crippen LogP contribution in [0, 0.1) is 5.53 Å². The molecule has 1 atom stereocenters. The van der Waals surface area contributed by atoms with Gasteiger partial charge in [-0.15, -0.1) is 0 Å². The third kappa shape index (κ3) is 1.78. The van der Waals surface area contributed by atoms with Gasteiger partial charge in [-0.3, -0.25) is 0 Å². The summed E-state index contributed by atoms with van der Waals surface area (Å²) in [6.07, 6.45) is -0.653. The number of hydrogen-bond acceptors (Lipinski definition) is 4. The van der Waals surface area contributed by atoms with Gasteiger partial charge in [0.2, 0.25) is 4.91 Å². The summed E-state index contributed by atoms with van der Waals surface area (Å²) in [5.74, 6) is 0. The summed E-state index contributed by atoms with van der Waals surface area (Å²) in [5, 5.41) is 14.6. The second-order valence-electron chi connectivity index (χ2n) is 3.58. The van der Waals surface area contributed by atoms with Crippen LogP contribution in [0.3, 0.4) is 0 Å². The number of anilines is 1. The van der Waals surface area contributed by atoms with Crippen molar-refractivity contribution in [2.24, 2.45) is 5.11 Å². The van der Waals surface area contributed by atoms with Crippen LogP contribution in [-0.2, 0) is 6.42 Å². The second-order valence-corrected chi connectivity index (χ2v) is 3.58. The van der Waals surface area contributed by atoms with Crippen molar-refractivity contribution < 1.29 is 9.90 Å². The van der Waals surface area contributed by atoms with E-state index in [0.717, 1.165) is 10.5 Å². The maximum Gasteiger partial charge on any atom is 0.214 e. The predicted octanol–water partition coefficient (Wildman–Crippen LogP) is 0.311. The minimum Gasteiger partial charge on any atom is -0.530 e. The Balaban J connectivity index is 2.40. The van der Waals surface area contributed by atoms with Gasteiger partial charge in [0.05, 0.1) is 6.54 Å². The topological polar surface area (TPSA) is 93.7 Å². The summed E-state index contributed by atoms with van der Waals surface area (Å²) in [5.41, 5.74) is 8.20. The fourth-order valence-corrected chi connectivity index (χ4v) is 1.91. The number of carbonyl (C=O) groups is 1. The van der Waals surface area contributed by atoms with E-state index in [1.807, 2.05) is 12.1 Å². The van der Waals surface area contributed by atoms with Crippen LogP contribution in [0.4, 0.5) is 10.5 Å². The second kappa shape index (κ2) is 4.12. The Morgan fingerprint density at radius 2 is 2.31 bits per heavy atom. The number of benzene rings is 1. The Morgan fingerprint density at radius 3 is 3.00 bits per heavy atom. The molecular formula is C10H10N4O2. The van der Waals surface area contributed by atoms with Crippen LogP contribution < -0.4 is 14.9 Å². The Kier molecular flexibility index (Phi) is 2.66. The number of carboxylic acid groups (broad SMARTS) is 1. The van der Waals surface area contributed by atoms with Crippen molar-refractivity contribution in [3.05, 3.63) is 29.8 Å². The zero-order valence-corrected chi connectivity index (χ0v) is 8.46. The molecule has 1 heterocycles. The number of para-hydroxylation sites is 1. The van der Waals surface area contributed by atoms with E-state index in [1.165, 1.54) is 0 Å². The molecule has 0 aliphatic carbocycles. The van der Waals surface area contributed by atoms with E-state index in [2.05, 4.69) is 10.0 Å². The molecule has 2 rings (SSSR count). The summed E-state index contributed by atoms with van der Waals surface area (Å²) in [4.78, 5) is 15.1. The van der Waals surface area contributed by atoms with Crippen molar-refractivity contribution in [2.75, 3.05) is 11.4 Å². The molecule has 1 aromatic carbocycles. The lowest BCUT2D eigenvalue weighted by Crippen LogP contribution is -2.48. The highest BCUT2D eigenvalue weighted by Gasteiger charge is 2.27. The van der Waals surface area contributed by atoms with Crippen molar-refractivity contribution in [1.29, 1.82) is 5.53 Å². The first kappa shape index (κ1) is 10.3. The molecule has 0 fully saturated rings. The predicted molar refractivity (Wildman–Crippen MR) is 54.0 cm³/mol. The van der Waals surface area contributed by atoms with E-state index >= 15 is 0 Å². The van der Waals surface area contributed by atoms with Crippen molar-refractivity contribution in [3.63, 3.8) is 0 Å². The van der Waals surface area contributed by atoms with Gasteiger partial charge >= 0.3 is 0 Å². The Morgan fingerprint density at radius 1 is 1.56 bits per heavy atom. The monoisotopic (exact) mass is 218 g/mol. The average Bonchev–Trinajstić information content (AvgIpc) is 2.28. The minimum absolute atomic E-state index is 0.196. The van der Waals surface area contributed by atoms with E-state index in [0.29, 0.717) is 12.1 Å². The number of hydrogen-bond donors (Lipinski definition) is 1. The first-order valence-corrected chi connectivity index (χ1v) is 4.85. The van der Waals surface area contributed by atoms with Crippen molar-refractivity contribution in [1.82, 2.24) is 4.91 Å². The lowest BCUT2D eigenvalue weighted by Gasteiger charge is -2.32. The summed E-state index contributed by atoms with van der Waals surface area (Å²) >= 11 is 0. The molecule has 0 bridgehead atoms. The lowest BCUT2D eigenvalue weighted by atomic mass is 9.99. The Labute approximate surface area is 91.7 Å². The zero-order chi connectivity index (χ0) is 11.5. The largest absolute Gasteiger partial charge is 0.530 e. The van der Waals surface area contributed by atoms with Gasteiger partial charge in [-0.1, -0.05) is 18.2 Å². The van der Waals surface area contributed by atoms with Gasteiger partial charge < -0.3 is 14.8 Å². The smallest absolute Gasteiger partial charge is 0.214 e. The van der Waals surface area contributed by atoms with Crippen LogP contribution in [0.25, 0.3) is 0 Å². The molecule has 1 amide bonds. The van der Waals surface area contributed by atoms with Crippen LogP contribution in [0.1, 0.15) is 5.56 Å². The molecule has 0 saturated heterocycles. The molecule has 0 aromatic heterocycles. The Hall–Kier alpha value is -2.20. The third-order valence-corrected chi connectivity index (χ3v) is 2.57. The number of amides is 1. The fourth-order valence-electron chi connectivity index (χ4n) is 1.91. The van der Waals surface area contributed by atoms with Crippen LogP contribution >= 0.6 is 0 Å². The maximum absolute atomic E-state index is 11.0. The molecule has 1 aliphatic heterocycles. The quantitative estimate of drug-likeness (QED) is 0.542. The van der Waals surface area contributed by atoms with Gasteiger partial charge in [-0.2, -0.15) is 0 Å². The zero-order valence-electron chi connectivity index (χ0n) is 8.46. The maximum atomic E-state index is 11.0. The van der Waals surface area contributed by atoms with E-state index < -0.39 is 6.09 Å². The highest BCUT2D eigenvalue weighted by molar-refractivity contribution is 5.86. The molecule has 6 nitrogen and oxygen atoms in total. The van der Waals surface area contributed by atoms with Gasteiger partial charge in [0.1, 0.15) is 16.7 Å². The number of nitrogens with zero attached hydrogens (tertiary/aromatic N) is 3. The lowest BCUT2D eigenvalue weighted by molar-refractivity contribution is -0.246. The van der Waals surface area contributed by atoms with Crippen molar-refractivity contribution in [2.45, 2.75) is 12.5 Å². The summed E-state index contributed by atoms with van der Waals surface area (Å²) < 4.78 is 0. The molecule has 0 spiro atoms. The molecule has 6 heteroatoms. The normalized spacial score (nSPS) is 18.5. The number of rotatable bonds is 1. The van der Waals surface area contributed by atoms with Crippen molar-refractivity contribution >= 4 is 11.8 Å². The molecule has 82 valence electrons. The molecular weight excluding hydrogens is 208 g/mol. The van der Waals surface area contributed by atoms with Gasteiger partial charge in [-0.05, 0) is 11.6 Å². The summed E-state index contributed by atoms with van der Waals surface area (Å²) in [7, 11) is 0. The van der Waals surface area contributed by atoms with Gasteiger partial charge in [0.25, 0.3) is 0 Å². The van der Waals surface area contributed by atoms with E-state index in [1.54, 1.807) is 12.1 Å². The molecule has 1 N–H and O–H groups in total.